The molecule has 0 N–H and O–H groups in total. The number of hydrogen-bond acceptors (Lipinski definition) is 1. The van der Waals surface area contributed by atoms with Crippen LogP contribution in [0.25, 0.3) is 11.1 Å². The molecule has 0 bridgehead atoms. The van der Waals surface area contributed by atoms with Gasteiger partial charge in [-0.15, -0.1) is 0 Å². The van der Waals surface area contributed by atoms with E-state index in [1.165, 1.54) is 22.3 Å². The van der Waals surface area contributed by atoms with E-state index in [-0.39, 0.29) is 0 Å². The summed E-state index contributed by atoms with van der Waals surface area (Å²) >= 11 is 3.61. The van der Waals surface area contributed by atoms with Crippen molar-refractivity contribution in [2.45, 2.75) is 19.9 Å². The van der Waals surface area contributed by atoms with E-state index in [0.717, 1.165) is 17.6 Å². The minimum absolute atomic E-state index is 0.402. The smallest absolute Gasteiger partial charge is 0.0614 e. The molecule has 19 heavy (non-hydrogen) atoms. The van der Waals surface area contributed by atoms with Crippen molar-refractivity contribution in [2.24, 2.45) is 0 Å². The number of benzene rings is 2. The molecule has 0 amide bonds. The van der Waals surface area contributed by atoms with Crippen LogP contribution in [0, 0.1) is 0 Å². The zero-order valence-electron chi connectivity index (χ0n) is 11.4. The first-order valence-electron chi connectivity index (χ1n) is 6.89. The topological polar surface area (TPSA) is 3.24 Å². The Morgan fingerprint density at radius 2 is 1.63 bits per heavy atom. The molecule has 0 aromatic heterocycles. The molecule has 2 heteroatoms. The van der Waals surface area contributed by atoms with E-state index in [1.54, 1.807) is 0 Å². The highest BCUT2D eigenvalue weighted by Gasteiger charge is 2.31. The first-order chi connectivity index (χ1) is 9.26. The molecule has 2 aromatic rings. The maximum atomic E-state index is 3.61. The predicted octanol–water partition coefficient (Wildman–Crippen LogP) is 4.86. The van der Waals surface area contributed by atoms with Crippen LogP contribution in [-0.4, -0.2) is 18.0 Å². The lowest BCUT2D eigenvalue weighted by Crippen LogP contribution is -2.27. The number of rotatable bonds is 3. The van der Waals surface area contributed by atoms with Gasteiger partial charge in [-0.25, -0.2) is 0 Å². The second kappa shape index (κ2) is 5.10. The van der Waals surface area contributed by atoms with Gasteiger partial charge in [0.15, 0.2) is 0 Å². The number of hydrogen-bond donors (Lipinski definition) is 0. The van der Waals surface area contributed by atoms with Crippen molar-refractivity contribution < 1.29 is 0 Å². The Morgan fingerprint density at radius 1 is 0.947 bits per heavy atom. The second-order valence-corrected chi connectivity index (χ2v) is 5.86. The Morgan fingerprint density at radius 3 is 2.37 bits per heavy atom. The van der Waals surface area contributed by atoms with Crippen molar-refractivity contribution >= 4 is 15.9 Å². The molecule has 2 aromatic carbocycles. The molecule has 1 aliphatic rings. The number of nitrogens with zero attached hydrogens (tertiary/aromatic N) is 1. The molecule has 0 saturated heterocycles. The molecule has 1 aliphatic carbocycles. The number of fused-ring (bicyclic) bond motifs is 3. The van der Waals surface area contributed by atoms with E-state index >= 15 is 0 Å². The summed E-state index contributed by atoms with van der Waals surface area (Å²) in [5.74, 6) is 0. The predicted molar refractivity (Wildman–Crippen MR) is 84.3 cm³/mol. The third kappa shape index (κ3) is 2.03. The summed E-state index contributed by atoms with van der Waals surface area (Å²) in [6.07, 6.45) is 0. The molecule has 98 valence electrons. The maximum absolute atomic E-state index is 3.61. The summed E-state index contributed by atoms with van der Waals surface area (Å²) < 4.78 is 1.16. The van der Waals surface area contributed by atoms with Crippen LogP contribution in [0.15, 0.2) is 46.9 Å². The van der Waals surface area contributed by atoms with Gasteiger partial charge in [-0.2, -0.15) is 0 Å². The Kier molecular flexibility index (Phi) is 3.46. The lowest BCUT2D eigenvalue weighted by atomic mass is 10.0. The SMILES string of the molecule is CCN(CC)C1c2ccccc2-c2ccc(Br)cc21. The highest BCUT2D eigenvalue weighted by atomic mass is 79.9. The Balaban J connectivity index is 2.22. The van der Waals surface area contributed by atoms with Gasteiger partial charge in [0, 0.05) is 4.47 Å². The highest BCUT2D eigenvalue weighted by Crippen LogP contribution is 2.46. The van der Waals surface area contributed by atoms with Gasteiger partial charge in [-0.05, 0) is 47.5 Å². The first kappa shape index (κ1) is 12.9. The van der Waals surface area contributed by atoms with Gasteiger partial charge in [-0.1, -0.05) is 60.1 Å². The zero-order chi connectivity index (χ0) is 13.4. The third-order valence-electron chi connectivity index (χ3n) is 4.03. The van der Waals surface area contributed by atoms with Crippen LogP contribution >= 0.6 is 15.9 Å². The summed E-state index contributed by atoms with van der Waals surface area (Å²) in [5.41, 5.74) is 5.65. The molecule has 0 radical (unpaired) electrons. The molecular formula is C17H18BrN. The molecule has 1 unspecified atom stereocenters. The van der Waals surface area contributed by atoms with Gasteiger partial charge in [0.2, 0.25) is 0 Å². The van der Waals surface area contributed by atoms with Crippen LogP contribution in [-0.2, 0) is 0 Å². The van der Waals surface area contributed by atoms with Gasteiger partial charge in [0.05, 0.1) is 6.04 Å². The van der Waals surface area contributed by atoms with E-state index in [2.05, 4.69) is 77.1 Å². The van der Waals surface area contributed by atoms with Gasteiger partial charge in [0.25, 0.3) is 0 Å². The van der Waals surface area contributed by atoms with Crippen molar-refractivity contribution in [3.63, 3.8) is 0 Å². The minimum Gasteiger partial charge on any atom is -0.293 e. The van der Waals surface area contributed by atoms with E-state index in [0.29, 0.717) is 6.04 Å². The molecule has 0 heterocycles. The van der Waals surface area contributed by atoms with Crippen molar-refractivity contribution in [1.29, 1.82) is 0 Å². The lowest BCUT2D eigenvalue weighted by molar-refractivity contribution is 0.254. The normalized spacial score (nSPS) is 16.5. The number of halogens is 1. The average Bonchev–Trinajstić information content (AvgIpc) is 2.75. The monoisotopic (exact) mass is 315 g/mol. The van der Waals surface area contributed by atoms with Crippen LogP contribution in [0.4, 0.5) is 0 Å². The van der Waals surface area contributed by atoms with E-state index in [9.17, 15) is 0 Å². The van der Waals surface area contributed by atoms with Crippen LogP contribution in [0.5, 0.6) is 0 Å². The molecule has 3 rings (SSSR count). The van der Waals surface area contributed by atoms with Crippen LogP contribution < -0.4 is 0 Å². The van der Waals surface area contributed by atoms with Crippen molar-refractivity contribution in [3.05, 3.63) is 58.1 Å². The quantitative estimate of drug-likeness (QED) is 0.781. The van der Waals surface area contributed by atoms with Gasteiger partial charge >= 0.3 is 0 Å². The summed E-state index contributed by atoms with van der Waals surface area (Å²) in [7, 11) is 0. The fraction of sp³-hybridized carbons (Fsp3) is 0.294. The van der Waals surface area contributed by atoms with Crippen molar-refractivity contribution in [2.75, 3.05) is 13.1 Å². The largest absolute Gasteiger partial charge is 0.293 e. The van der Waals surface area contributed by atoms with E-state index in [4.69, 9.17) is 0 Å². The second-order valence-electron chi connectivity index (χ2n) is 4.94. The third-order valence-corrected chi connectivity index (χ3v) is 4.52. The summed E-state index contributed by atoms with van der Waals surface area (Å²) in [5, 5.41) is 0. The Hall–Kier alpha value is -1.12. The summed E-state index contributed by atoms with van der Waals surface area (Å²) in [4.78, 5) is 2.52. The first-order valence-corrected chi connectivity index (χ1v) is 7.68. The summed E-state index contributed by atoms with van der Waals surface area (Å²) in [6, 6.07) is 15.8. The Labute approximate surface area is 123 Å². The molecule has 0 fully saturated rings. The average molecular weight is 316 g/mol. The molecule has 0 spiro atoms. The fourth-order valence-corrected chi connectivity index (χ4v) is 3.51. The Bertz CT molecular complexity index is 602. The van der Waals surface area contributed by atoms with Crippen LogP contribution in [0.1, 0.15) is 31.0 Å². The van der Waals surface area contributed by atoms with Gasteiger partial charge in [0.1, 0.15) is 0 Å². The van der Waals surface area contributed by atoms with Crippen molar-refractivity contribution in [3.8, 4) is 11.1 Å². The molecular weight excluding hydrogens is 298 g/mol. The molecule has 1 nitrogen and oxygen atoms in total. The minimum atomic E-state index is 0.402. The highest BCUT2D eigenvalue weighted by molar-refractivity contribution is 9.10. The summed E-state index contributed by atoms with van der Waals surface area (Å²) in [6.45, 7) is 6.62. The molecule has 0 saturated carbocycles. The zero-order valence-corrected chi connectivity index (χ0v) is 12.9. The lowest BCUT2D eigenvalue weighted by Gasteiger charge is -2.28. The maximum Gasteiger partial charge on any atom is 0.0614 e. The van der Waals surface area contributed by atoms with Crippen LogP contribution in [0.3, 0.4) is 0 Å². The van der Waals surface area contributed by atoms with E-state index < -0.39 is 0 Å². The van der Waals surface area contributed by atoms with Crippen molar-refractivity contribution in [1.82, 2.24) is 4.90 Å². The van der Waals surface area contributed by atoms with E-state index in [1.807, 2.05) is 0 Å². The standard InChI is InChI=1S/C17H18BrN/c1-3-19(4-2)17-15-8-6-5-7-13(15)14-10-9-12(18)11-16(14)17/h5-11,17H,3-4H2,1-2H3. The fourth-order valence-electron chi connectivity index (χ4n) is 3.14. The van der Waals surface area contributed by atoms with Gasteiger partial charge in [-0.3, -0.25) is 4.90 Å². The molecule has 1 atom stereocenters. The van der Waals surface area contributed by atoms with Crippen LogP contribution in [0.2, 0.25) is 0 Å². The van der Waals surface area contributed by atoms with Gasteiger partial charge < -0.3 is 0 Å². The molecule has 0 aliphatic heterocycles.